The van der Waals surface area contributed by atoms with Gasteiger partial charge in [-0.15, -0.1) is 0 Å². The maximum atomic E-state index is 12.3. The summed E-state index contributed by atoms with van der Waals surface area (Å²) in [5.74, 6) is 2.17. The number of hydrogen-bond acceptors (Lipinski definition) is 6. The average molecular weight is 432 g/mol. The van der Waals surface area contributed by atoms with E-state index in [1.165, 1.54) is 17.6 Å². The zero-order valence-electron chi connectivity index (χ0n) is 18.6. The number of rotatable bonds is 7. The number of aromatic nitrogens is 2. The average Bonchev–Trinajstić information content (AvgIpc) is 2.84. The van der Waals surface area contributed by atoms with Crippen LogP contribution in [0.25, 0.3) is 0 Å². The maximum absolute atomic E-state index is 12.3. The first-order valence-corrected chi connectivity index (χ1v) is 11.0. The van der Waals surface area contributed by atoms with E-state index in [4.69, 9.17) is 4.74 Å². The molecule has 32 heavy (non-hydrogen) atoms. The lowest BCUT2D eigenvalue weighted by Gasteiger charge is -2.36. The minimum atomic E-state index is -0.253. The van der Waals surface area contributed by atoms with Gasteiger partial charge in [0.2, 0.25) is 0 Å². The van der Waals surface area contributed by atoms with Crippen LogP contribution in [0.2, 0.25) is 0 Å². The zero-order chi connectivity index (χ0) is 22.3. The van der Waals surface area contributed by atoms with Crippen molar-refractivity contribution in [1.82, 2.24) is 9.97 Å². The van der Waals surface area contributed by atoms with Gasteiger partial charge in [0.15, 0.2) is 6.61 Å². The molecule has 3 aromatic rings. The fourth-order valence-electron chi connectivity index (χ4n) is 3.70. The number of ether oxygens (including phenoxy) is 1. The van der Waals surface area contributed by atoms with Crippen molar-refractivity contribution in [2.75, 3.05) is 47.9 Å². The molecule has 0 atom stereocenters. The number of nitrogens with one attached hydrogen (secondary N) is 1. The minimum Gasteiger partial charge on any atom is -0.484 e. The Morgan fingerprint density at radius 3 is 2.34 bits per heavy atom. The maximum Gasteiger partial charge on any atom is 0.263 e. The summed E-state index contributed by atoms with van der Waals surface area (Å²) in [6.07, 6.45) is 1.49. The second-order valence-electron chi connectivity index (χ2n) is 8.13. The molecule has 2 heterocycles. The van der Waals surface area contributed by atoms with E-state index < -0.39 is 0 Å². The number of benzene rings is 2. The van der Waals surface area contributed by atoms with Gasteiger partial charge in [-0.1, -0.05) is 44.2 Å². The Morgan fingerprint density at radius 1 is 0.969 bits per heavy atom. The molecule has 0 radical (unpaired) electrons. The largest absolute Gasteiger partial charge is 0.484 e. The molecule has 1 aromatic heterocycles. The monoisotopic (exact) mass is 431 g/mol. The van der Waals surface area contributed by atoms with Crippen LogP contribution < -0.4 is 19.9 Å². The molecule has 1 amide bonds. The summed E-state index contributed by atoms with van der Waals surface area (Å²) < 4.78 is 5.60. The third-order valence-corrected chi connectivity index (χ3v) is 5.56. The molecule has 4 rings (SSSR count). The molecule has 2 aromatic carbocycles. The molecule has 1 fully saturated rings. The molecule has 7 heteroatoms. The summed E-state index contributed by atoms with van der Waals surface area (Å²) in [7, 11) is 0. The van der Waals surface area contributed by atoms with Crippen LogP contribution >= 0.6 is 0 Å². The highest BCUT2D eigenvalue weighted by molar-refractivity contribution is 5.91. The Hall–Kier alpha value is -3.61. The molecule has 1 aliphatic rings. The fraction of sp³-hybridized carbons (Fsp3) is 0.320. The van der Waals surface area contributed by atoms with E-state index in [-0.39, 0.29) is 12.5 Å². The number of anilines is 3. The molecule has 166 valence electrons. The van der Waals surface area contributed by atoms with Crippen LogP contribution in [0.15, 0.2) is 67.0 Å². The van der Waals surface area contributed by atoms with Gasteiger partial charge in [-0.2, -0.15) is 0 Å². The molecule has 1 N–H and O–H groups in total. The number of piperazine rings is 1. The highest BCUT2D eigenvalue weighted by Gasteiger charge is 2.19. The lowest BCUT2D eigenvalue weighted by Crippen LogP contribution is -2.46. The second kappa shape index (κ2) is 10.1. The first kappa shape index (κ1) is 21.6. The van der Waals surface area contributed by atoms with E-state index in [2.05, 4.69) is 63.2 Å². The molecule has 0 spiro atoms. The standard InChI is InChI=1S/C25H29N5O2/c1-19(2)20-8-10-22(11-9-20)32-17-25(31)28-23-16-24(27-18-26-23)30-14-12-29(13-15-30)21-6-4-3-5-7-21/h3-11,16,18-19H,12-15,17H2,1-2H3,(H,26,27,28,31). The van der Waals surface area contributed by atoms with E-state index in [1.807, 2.05) is 36.4 Å². The fourth-order valence-corrected chi connectivity index (χ4v) is 3.70. The van der Waals surface area contributed by atoms with Crippen LogP contribution in [0.4, 0.5) is 17.3 Å². The van der Waals surface area contributed by atoms with Gasteiger partial charge in [0.05, 0.1) is 0 Å². The van der Waals surface area contributed by atoms with Gasteiger partial charge in [-0.05, 0) is 35.7 Å². The van der Waals surface area contributed by atoms with Crippen molar-refractivity contribution in [3.63, 3.8) is 0 Å². The number of carbonyl (C=O) groups is 1. The van der Waals surface area contributed by atoms with Crippen molar-refractivity contribution in [2.24, 2.45) is 0 Å². The van der Waals surface area contributed by atoms with Crippen molar-refractivity contribution < 1.29 is 9.53 Å². The SMILES string of the molecule is CC(C)c1ccc(OCC(=O)Nc2cc(N3CCN(c4ccccc4)CC3)ncn2)cc1. The number of para-hydroxylation sites is 1. The van der Waals surface area contributed by atoms with E-state index in [9.17, 15) is 4.79 Å². The van der Waals surface area contributed by atoms with Crippen molar-refractivity contribution in [3.05, 3.63) is 72.6 Å². The van der Waals surface area contributed by atoms with Crippen molar-refractivity contribution in [3.8, 4) is 5.75 Å². The first-order valence-electron chi connectivity index (χ1n) is 11.0. The first-order chi connectivity index (χ1) is 15.6. The van der Waals surface area contributed by atoms with Gasteiger partial charge < -0.3 is 19.9 Å². The minimum absolute atomic E-state index is 0.0733. The van der Waals surface area contributed by atoms with Gasteiger partial charge in [0.25, 0.3) is 5.91 Å². The van der Waals surface area contributed by atoms with Crippen LogP contribution in [-0.2, 0) is 4.79 Å². The molecule has 0 unspecified atom stereocenters. The Labute approximate surface area is 189 Å². The predicted molar refractivity (Wildman–Crippen MR) is 128 cm³/mol. The van der Waals surface area contributed by atoms with E-state index in [0.717, 1.165) is 32.0 Å². The molecule has 1 aliphatic heterocycles. The molecule has 0 aliphatic carbocycles. The molecule has 1 saturated heterocycles. The third-order valence-electron chi connectivity index (χ3n) is 5.56. The lowest BCUT2D eigenvalue weighted by atomic mass is 10.0. The van der Waals surface area contributed by atoms with Crippen LogP contribution in [0.3, 0.4) is 0 Å². The molecular formula is C25H29N5O2. The van der Waals surface area contributed by atoms with Gasteiger partial charge in [-0.3, -0.25) is 4.79 Å². The lowest BCUT2D eigenvalue weighted by molar-refractivity contribution is -0.118. The highest BCUT2D eigenvalue weighted by Crippen LogP contribution is 2.21. The predicted octanol–water partition coefficient (Wildman–Crippen LogP) is 3.94. The number of carbonyl (C=O) groups excluding carboxylic acids is 1. The summed E-state index contributed by atoms with van der Waals surface area (Å²) in [6.45, 7) is 7.75. The molecular weight excluding hydrogens is 402 g/mol. The zero-order valence-corrected chi connectivity index (χ0v) is 18.6. The van der Waals surface area contributed by atoms with Gasteiger partial charge >= 0.3 is 0 Å². The van der Waals surface area contributed by atoms with Gasteiger partial charge in [-0.25, -0.2) is 9.97 Å². The van der Waals surface area contributed by atoms with Crippen molar-refractivity contribution in [1.29, 1.82) is 0 Å². The second-order valence-corrected chi connectivity index (χ2v) is 8.13. The Morgan fingerprint density at radius 2 is 1.66 bits per heavy atom. The summed E-state index contributed by atoms with van der Waals surface area (Å²) in [4.78, 5) is 25.5. The number of nitrogens with zero attached hydrogens (tertiary/aromatic N) is 4. The summed E-state index contributed by atoms with van der Waals surface area (Å²) in [5.41, 5.74) is 2.47. The highest BCUT2D eigenvalue weighted by atomic mass is 16.5. The van der Waals surface area contributed by atoms with Crippen LogP contribution in [0, 0.1) is 0 Å². The van der Waals surface area contributed by atoms with Crippen LogP contribution in [0.1, 0.15) is 25.3 Å². The van der Waals surface area contributed by atoms with Crippen LogP contribution in [-0.4, -0.2) is 48.7 Å². The smallest absolute Gasteiger partial charge is 0.263 e. The number of amides is 1. The summed E-state index contributed by atoms with van der Waals surface area (Å²) in [6, 6.07) is 20.1. The van der Waals surface area contributed by atoms with Crippen molar-refractivity contribution in [2.45, 2.75) is 19.8 Å². The van der Waals surface area contributed by atoms with E-state index in [0.29, 0.717) is 17.5 Å². The molecule has 7 nitrogen and oxygen atoms in total. The summed E-state index contributed by atoms with van der Waals surface area (Å²) in [5, 5.41) is 2.80. The normalized spacial score (nSPS) is 13.8. The van der Waals surface area contributed by atoms with Gasteiger partial charge in [0, 0.05) is 37.9 Å². The number of hydrogen-bond donors (Lipinski definition) is 1. The van der Waals surface area contributed by atoms with Gasteiger partial charge in [0.1, 0.15) is 23.7 Å². The Bertz CT molecular complexity index is 1020. The van der Waals surface area contributed by atoms with Crippen molar-refractivity contribution >= 4 is 23.2 Å². The quantitative estimate of drug-likeness (QED) is 0.611. The molecule has 0 saturated carbocycles. The summed E-state index contributed by atoms with van der Waals surface area (Å²) >= 11 is 0. The topological polar surface area (TPSA) is 70.6 Å². The molecule has 0 bridgehead atoms. The van der Waals surface area contributed by atoms with E-state index in [1.54, 1.807) is 0 Å². The Balaban J connectivity index is 1.29. The van der Waals surface area contributed by atoms with E-state index >= 15 is 0 Å². The van der Waals surface area contributed by atoms with Crippen LogP contribution in [0.5, 0.6) is 5.75 Å². The Kier molecular flexibility index (Phi) is 6.84. The third kappa shape index (κ3) is 5.55.